The lowest BCUT2D eigenvalue weighted by atomic mass is 10.2. The number of benzene rings is 1. The quantitative estimate of drug-likeness (QED) is 0.804. The zero-order valence-corrected chi connectivity index (χ0v) is 13.2. The predicted molar refractivity (Wildman–Crippen MR) is 81.9 cm³/mol. The minimum atomic E-state index is -0.554. The van der Waals surface area contributed by atoms with Gasteiger partial charge in [0, 0.05) is 12.7 Å². The number of rotatable bonds is 3. The molecular formula is C17H21NO4. The molecule has 0 aliphatic carbocycles. The maximum Gasteiger partial charge on any atom is 0.414 e. The Morgan fingerprint density at radius 2 is 1.86 bits per heavy atom. The van der Waals surface area contributed by atoms with Crippen LogP contribution < -0.4 is 0 Å². The highest BCUT2D eigenvalue weighted by Crippen LogP contribution is 2.19. The van der Waals surface area contributed by atoms with Gasteiger partial charge in [0.2, 0.25) is 0 Å². The highest BCUT2D eigenvalue weighted by molar-refractivity contribution is 5.90. The smallest absolute Gasteiger partial charge is 0.414 e. The van der Waals surface area contributed by atoms with Crippen LogP contribution in [0.3, 0.4) is 0 Å². The van der Waals surface area contributed by atoms with Crippen LogP contribution in [0.4, 0.5) is 4.79 Å². The number of carbonyl (C=O) groups is 2. The number of hydrogen-bond donors (Lipinski definition) is 0. The van der Waals surface area contributed by atoms with Crippen molar-refractivity contribution in [1.82, 2.24) is 4.90 Å². The van der Waals surface area contributed by atoms with Crippen LogP contribution in [0.5, 0.6) is 0 Å². The van der Waals surface area contributed by atoms with Gasteiger partial charge in [-0.1, -0.05) is 30.3 Å². The molecule has 0 saturated carbocycles. The fraction of sp³-hybridized carbons (Fsp3) is 0.412. The van der Waals surface area contributed by atoms with E-state index in [-0.39, 0.29) is 6.61 Å². The summed E-state index contributed by atoms with van der Waals surface area (Å²) in [5, 5.41) is 0. The van der Waals surface area contributed by atoms with Crippen LogP contribution in [0.1, 0.15) is 32.8 Å². The monoisotopic (exact) mass is 303 g/mol. The minimum absolute atomic E-state index is 0.226. The Morgan fingerprint density at radius 1 is 1.18 bits per heavy atom. The van der Waals surface area contributed by atoms with E-state index in [2.05, 4.69) is 0 Å². The molecule has 1 aromatic carbocycles. The van der Waals surface area contributed by atoms with Gasteiger partial charge in [0.1, 0.15) is 12.2 Å². The standard InChI is InChI=1S/C17H21NO4/c1-17(2,3)22-16(20)18-10-9-14(11-18)15(19)21-12-13-7-5-4-6-8-13/h4-8,11H,9-10,12H2,1-3H3. The van der Waals surface area contributed by atoms with E-state index in [0.717, 1.165) is 5.56 Å². The van der Waals surface area contributed by atoms with Gasteiger partial charge < -0.3 is 9.47 Å². The largest absolute Gasteiger partial charge is 0.457 e. The summed E-state index contributed by atoms with van der Waals surface area (Å²) < 4.78 is 10.5. The van der Waals surface area contributed by atoms with Crippen molar-refractivity contribution in [3.8, 4) is 0 Å². The van der Waals surface area contributed by atoms with Crippen LogP contribution >= 0.6 is 0 Å². The second kappa shape index (κ2) is 6.64. The second-order valence-electron chi connectivity index (χ2n) is 6.14. The highest BCUT2D eigenvalue weighted by atomic mass is 16.6. The van der Waals surface area contributed by atoms with E-state index in [4.69, 9.17) is 9.47 Å². The molecular weight excluding hydrogens is 282 g/mol. The summed E-state index contributed by atoms with van der Waals surface area (Å²) in [5.74, 6) is -0.394. The molecule has 0 N–H and O–H groups in total. The van der Waals surface area contributed by atoms with Gasteiger partial charge in [0.25, 0.3) is 0 Å². The van der Waals surface area contributed by atoms with E-state index >= 15 is 0 Å². The molecule has 1 aliphatic heterocycles. The Labute approximate surface area is 130 Å². The van der Waals surface area contributed by atoms with E-state index < -0.39 is 17.7 Å². The first-order chi connectivity index (χ1) is 10.3. The van der Waals surface area contributed by atoms with Crippen molar-refractivity contribution >= 4 is 12.1 Å². The van der Waals surface area contributed by atoms with Gasteiger partial charge in [0.15, 0.2) is 0 Å². The highest BCUT2D eigenvalue weighted by Gasteiger charge is 2.27. The van der Waals surface area contributed by atoms with Crippen molar-refractivity contribution in [3.63, 3.8) is 0 Å². The number of carbonyl (C=O) groups excluding carboxylic acids is 2. The first kappa shape index (κ1) is 16.1. The van der Waals surface area contributed by atoms with E-state index in [0.29, 0.717) is 18.5 Å². The van der Waals surface area contributed by atoms with Crippen LogP contribution in [0.15, 0.2) is 42.1 Å². The molecule has 1 aromatic rings. The maximum atomic E-state index is 12.0. The zero-order valence-electron chi connectivity index (χ0n) is 13.2. The molecule has 5 heteroatoms. The summed E-state index contributed by atoms with van der Waals surface area (Å²) in [6.07, 6.45) is 1.55. The first-order valence-corrected chi connectivity index (χ1v) is 7.26. The van der Waals surface area contributed by atoms with E-state index in [1.165, 1.54) is 11.1 Å². The Hall–Kier alpha value is -2.30. The Kier molecular flexibility index (Phi) is 4.85. The average Bonchev–Trinajstić information content (AvgIpc) is 2.94. The van der Waals surface area contributed by atoms with Crippen molar-refractivity contribution in [1.29, 1.82) is 0 Å². The average molecular weight is 303 g/mol. The molecule has 0 unspecified atom stereocenters. The lowest BCUT2D eigenvalue weighted by Gasteiger charge is -2.23. The molecule has 5 nitrogen and oxygen atoms in total. The molecule has 0 fully saturated rings. The van der Waals surface area contributed by atoms with E-state index in [1.807, 2.05) is 30.3 Å². The van der Waals surface area contributed by atoms with Crippen molar-refractivity contribution < 1.29 is 19.1 Å². The lowest BCUT2D eigenvalue weighted by Crippen LogP contribution is -2.32. The van der Waals surface area contributed by atoms with E-state index in [1.54, 1.807) is 20.8 Å². The molecule has 2 rings (SSSR count). The van der Waals surface area contributed by atoms with Gasteiger partial charge in [-0.25, -0.2) is 9.59 Å². The number of ether oxygens (including phenoxy) is 2. The van der Waals surface area contributed by atoms with Crippen molar-refractivity contribution in [2.45, 2.75) is 39.4 Å². The number of nitrogens with zero attached hydrogens (tertiary/aromatic N) is 1. The molecule has 1 aliphatic rings. The van der Waals surface area contributed by atoms with Gasteiger partial charge in [0.05, 0.1) is 5.57 Å². The van der Waals surface area contributed by atoms with Crippen LogP contribution in [0.25, 0.3) is 0 Å². The third-order valence-electron chi connectivity index (χ3n) is 3.04. The summed E-state index contributed by atoms with van der Waals surface area (Å²) in [6, 6.07) is 9.47. The summed E-state index contributed by atoms with van der Waals surface area (Å²) in [4.78, 5) is 25.3. The molecule has 0 aromatic heterocycles. The van der Waals surface area contributed by atoms with Crippen molar-refractivity contribution in [3.05, 3.63) is 47.7 Å². The van der Waals surface area contributed by atoms with Crippen LogP contribution in [-0.2, 0) is 20.9 Å². The van der Waals surface area contributed by atoms with E-state index in [9.17, 15) is 9.59 Å². The van der Waals surface area contributed by atoms with Crippen molar-refractivity contribution in [2.75, 3.05) is 6.54 Å². The second-order valence-corrected chi connectivity index (χ2v) is 6.14. The summed E-state index contributed by atoms with van der Waals surface area (Å²) in [6.45, 7) is 6.08. The van der Waals surface area contributed by atoms with Gasteiger partial charge in [-0.15, -0.1) is 0 Å². The topological polar surface area (TPSA) is 55.8 Å². The van der Waals surface area contributed by atoms with Crippen molar-refractivity contribution in [2.24, 2.45) is 0 Å². The SMILES string of the molecule is CC(C)(C)OC(=O)N1C=C(C(=O)OCc2ccccc2)CC1. The van der Waals surface area contributed by atoms with Gasteiger partial charge in [-0.2, -0.15) is 0 Å². The fourth-order valence-electron chi connectivity index (χ4n) is 1.99. The summed E-state index contributed by atoms with van der Waals surface area (Å²) >= 11 is 0. The predicted octanol–water partition coefficient (Wildman–Crippen LogP) is 3.25. The Bertz CT molecular complexity index is 572. The molecule has 118 valence electrons. The molecule has 22 heavy (non-hydrogen) atoms. The molecule has 0 radical (unpaired) electrons. The first-order valence-electron chi connectivity index (χ1n) is 7.26. The molecule has 1 amide bonds. The molecule has 0 spiro atoms. The molecule has 0 bridgehead atoms. The maximum absolute atomic E-state index is 12.0. The Balaban J connectivity index is 1.89. The van der Waals surface area contributed by atoms with Gasteiger partial charge in [-0.05, 0) is 32.8 Å². The normalized spacial score (nSPS) is 14.5. The fourth-order valence-corrected chi connectivity index (χ4v) is 1.99. The summed E-state index contributed by atoms with van der Waals surface area (Å²) in [7, 11) is 0. The summed E-state index contributed by atoms with van der Waals surface area (Å²) in [5.41, 5.74) is 0.863. The lowest BCUT2D eigenvalue weighted by molar-refractivity contribution is -0.140. The third-order valence-corrected chi connectivity index (χ3v) is 3.04. The number of hydrogen-bond acceptors (Lipinski definition) is 4. The van der Waals surface area contributed by atoms with Crippen LogP contribution in [-0.4, -0.2) is 29.1 Å². The minimum Gasteiger partial charge on any atom is -0.457 e. The number of amides is 1. The molecule has 0 saturated heterocycles. The zero-order chi connectivity index (χ0) is 16.2. The van der Waals surface area contributed by atoms with Gasteiger partial charge >= 0.3 is 12.1 Å². The van der Waals surface area contributed by atoms with Gasteiger partial charge in [-0.3, -0.25) is 4.90 Å². The number of esters is 1. The Morgan fingerprint density at radius 3 is 2.50 bits per heavy atom. The molecule has 0 atom stereocenters. The van der Waals surface area contributed by atoms with Crippen LogP contribution in [0.2, 0.25) is 0 Å². The van der Waals surface area contributed by atoms with Crippen LogP contribution in [0, 0.1) is 0 Å². The molecule has 1 heterocycles. The third kappa shape index (κ3) is 4.62.